The van der Waals surface area contributed by atoms with Crippen LogP contribution < -0.4 is 11.1 Å². The number of nitrogens with zero attached hydrogens (tertiary/aromatic N) is 1. The Bertz CT molecular complexity index is 957. The maximum absolute atomic E-state index is 11.9. The van der Waals surface area contributed by atoms with Gasteiger partial charge < -0.3 is 11.1 Å². The highest BCUT2D eigenvalue weighted by Crippen LogP contribution is 2.32. The van der Waals surface area contributed by atoms with Crippen molar-refractivity contribution < 1.29 is 9.59 Å². The predicted molar refractivity (Wildman–Crippen MR) is 91.4 cm³/mol. The molecule has 4 rings (SSSR count). The van der Waals surface area contributed by atoms with Gasteiger partial charge in [0.25, 0.3) is 0 Å². The van der Waals surface area contributed by atoms with Crippen molar-refractivity contribution in [3.63, 3.8) is 0 Å². The summed E-state index contributed by atoms with van der Waals surface area (Å²) in [5, 5.41) is 11.0. The Morgan fingerprint density at radius 2 is 2.00 bits per heavy atom. The SMILES string of the molecule is NC(=O)c1ccc2[nH]nc(-c3cccc(NC(=O)C4CC4)c3)c2c1. The first kappa shape index (κ1) is 14.4. The molecule has 6 nitrogen and oxygen atoms in total. The molecule has 0 spiro atoms. The molecule has 120 valence electrons. The fraction of sp³-hybridized carbons (Fsp3) is 0.167. The third-order valence-corrected chi connectivity index (χ3v) is 4.20. The summed E-state index contributed by atoms with van der Waals surface area (Å²) in [7, 11) is 0. The lowest BCUT2D eigenvalue weighted by Crippen LogP contribution is -2.13. The number of fused-ring (bicyclic) bond motifs is 1. The second kappa shape index (κ2) is 5.49. The number of anilines is 1. The van der Waals surface area contributed by atoms with Crippen molar-refractivity contribution in [2.45, 2.75) is 12.8 Å². The number of hydrogen-bond donors (Lipinski definition) is 3. The van der Waals surface area contributed by atoms with E-state index in [2.05, 4.69) is 15.5 Å². The van der Waals surface area contributed by atoms with Crippen LogP contribution in [0, 0.1) is 5.92 Å². The van der Waals surface area contributed by atoms with E-state index in [0.717, 1.165) is 40.7 Å². The lowest BCUT2D eigenvalue weighted by molar-refractivity contribution is -0.117. The Balaban J connectivity index is 1.72. The van der Waals surface area contributed by atoms with E-state index in [0.29, 0.717) is 5.56 Å². The molecule has 0 aliphatic heterocycles. The maximum Gasteiger partial charge on any atom is 0.248 e. The number of benzene rings is 2. The van der Waals surface area contributed by atoms with Gasteiger partial charge in [0.2, 0.25) is 11.8 Å². The van der Waals surface area contributed by atoms with E-state index in [1.54, 1.807) is 18.2 Å². The lowest BCUT2D eigenvalue weighted by atomic mass is 10.0. The van der Waals surface area contributed by atoms with Gasteiger partial charge in [-0.05, 0) is 43.2 Å². The van der Waals surface area contributed by atoms with Crippen LogP contribution in [0.15, 0.2) is 42.5 Å². The van der Waals surface area contributed by atoms with Gasteiger partial charge in [0, 0.05) is 28.1 Å². The summed E-state index contributed by atoms with van der Waals surface area (Å²) in [5.41, 5.74) is 8.93. The van der Waals surface area contributed by atoms with Gasteiger partial charge in [0.1, 0.15) is 0 Å². The molecule has 1 heterocycles. The van der Waals surface area contributed by atoms with Crippen LogP contribution in [0.25, 0.3) is 22.2 Å². The fourth-order valence-corrected chi connectivity index (χ4v) is 2.72. The zero-order valence-corrected chi connectivity index (χ0v) is 12.9. The van der Waals surface area contributed by atoms with E-state index in [1.807, 2.05) is 24.3 Å². The van der Waals surface area contributed by atoms with Crippen LogP contribution in [0.3, 0.4) is 0 Å². The summed E-state index contributed by atoms with van der Waals surface area (Å²) in [4.78, 5) is 23.3. The molecular weight excluding hydrogens is 304 g/mol. The van der Waals surface area contributed by atoms with Gasteiger partial charge in [-0.1, -0.05) is 12.1 Å². The second-order valence-electron chi connectivity index (χ2n) is 6.04. The smallest absolute Gasteiger partial charge is 0.248 e. The monoisotopic (exact) mass is 320 g/mol. The first-order chi connectivity index (χ1) is 11.6. The minimum absolute atomic E-state index is 0.0649. The summed E-state index contributed by atoms with van der Waals surface area (Å²) in [6, 6.07) is 12.7. The van der Waals surface area contributed by atoms with Crippen LogP contribution in [-0.4, -0.2) is 22.0 Å². The highest BCUT2D eigenvalue weighted by Gasteiger charge is 2.29. The molecule has 0 atom stereocenters. The van der Waals surface area contributed by atoms with Crippen molar-refractivity contribution in [1.29, 1.82) is 0 Å². The number of primary amides is 1. The van der Waals surface area contributed by atoms with Gasteiger partial charge >= 0.3 is 0 Å². The summed E-state index contributed by atoms with van der Waals surface area (Å²) < 4.78 is 0. The van der Waals surface area contributed by atoms with E-state index in [1.165, 1.54) is 0 Å². The number of nitrogens with one attached hydrogen (secondary N) is 2. The summed E-state index contributed by atoms with van der Waals surface area (Å²) in [6.07, 6.45) is 1.93. The summed E-state index contributed by atoms with van der Waals surface area (Å²) in [6.45, 7) is 0. The lowest BCUT2D eigenvalue weighted by Gasteiger charge is -2.06. The van der Waals surface area contributed by atoms with E-state index < -0.39 is 5.91 Å². The van der Waals surface area contributed by atoms with Crippen LogP contribution in [0.5, 0.6) is 0 Å². The molecule has 24 heavy (non-hydrogen) atoms. The molecule has 1 aliphatic rings. The molecule has 2 amide bonds. The number of amides is 2. The molecule has 1 aromatic heterocycles. The van der Waals surface area contributed by atoms with Gasteiger partial charge in [-0.25, -0.2) is 0 Å². The number of rotatable bonds is 4. The van der Waals surface area contributed by atoms with Gasteiger partial charge in [-0.15, -0.1) is 0 Å². The number of aromatic amines is 1. The average molecular weight is 320 g/mol. The fourth-order valence-electron chi connectivity index (χ4n) is 2.72. The Kier molecular flexibility index (Phi) is 3.30. The molecule has 0 saturated heterocycles. The summed E-state index contributed by atoms with van der Waals surface area (Å²) >= 11 is 0. The predicted octanol–water partition coefficient (Wildman–Crippen LogP) is 2.68. The van der Waals surface area contributed by atoms with Crippen molar-refractivity contribution in [3.05, 3.63) is 48.0 Å². The number of H-pyrrole nitrogens is 1. The van der Waals surface area contributed by atoms with Crippen LogP contribution >= 0.6 is 0 Å². The molecule has 4 N–H and O–H groups in total. The molecule has 1 aliphatic carbocycles. The minimum Gasteiger partial charge on any atom is -0.366 e. The molecule has 6 heteroatoms. The molecule has 2 aromatic carbocycles. The molecule has 0 radical (unpaired) electrons. The number of carbonyl (C=O) groups excluding carboxylic acids is 2. The molecule has 1 fully saturated rings. The Labute approximate surface area is 138 Å². The summed E-state index contributed by atoms with van der Waals surface area (Å²) in [5.74, 6) is -0.262. The minimum atomic E-state index is -0.477. The Morgan fingerprint density at radius 3 is 2.75 bits per heavy atom. The largest absolute Gasteiger partial charge is 0.366 e. The normalized spacial score (nSPS) is 13.8. The highest BCUT2D eigenvalue weighted by atomic mass is 16.2. The van der Waals surface area contributed by atoms with E-state index in [-0.39, 0.29) is 11.8 Å². The number of aromatic nitrogens is 2. The van der Waals surface area contributed by atoms with Crippen LogP contribution in [0.2, 0.25) is 0 Å². The van der Waals surface area contributed by atoms with Crippen LogP contribution in [-0.2, 0) is 4.79 Å². The van der Waals surface area contributed by atoms with Gasteiger partial charge in [-0.2, -0.15) is 5.10 Å². The standard InChI is InChI=1S/C18H16N4O2/c19-17(23)12-6-7-15-14(9-12)16(22-21-15)11-2-1-3-13(8-11)20-18(24)10-4-5-10/h1-3,6-10H,4-5H2,(H2,19,23)(H,20,24)(H,21,22). The van der Waals surface area contributed by atoms with Gasteiger partial charge in [0.15, 0.2) is 0 Å². The van der Waals surface area contributed by atoms with E-state index in [4.69, 9.17) is 5.73 Å². The molecule has 3 aromatic rings. The Morgan fingerprint density at radius 1 is 1.17 bits per heavy atom. The average Bonchev–Trinajstić information content (AvgIpc) is 3.34. The third kappa shape index (κ3) is 2.62. The van der Waals surface area contributed by atoms with Crippen molar-refractivity contribution in [2.24, 2.45) is 11.7 Å². The molecule has 1 saturated carbocycles. The van der Waals surface area contributed by atoms with Gasteiger partial charge in [0.05, 0.1) is 11.2 Å². The topological polar surface area (TPSA) is 101 Å². The quantitative estimate of drug-likeness (QED) is 0.689. The van der Waals surface area contributed by atoms with Crippen molar-refractivity contribution >= 4 is 28.4 Å². The number of carbonyl (C=O) groups is 2. The Hall–Kier alpha value is -3.15. The zero-order chi connectivity index (χ0) is 16.7. The number of hydrogen-bond acceptors (Lipinski definition) is 3. The first-order valence-electron chi connectivity index (χ1n) is 7.81. The van der Waals surface area contributed by atoms with Crippen LogP contribution in [0.1, 0.15) is 23.2 Å². The molecule has 0 bridgehead atoms. The van der Waals surface area contributed by atoms with E-state index >= 15 is 0 Å². The van der Waals surface area contributed by atoms with Crippen LogP contribution in [0.4, 0.5) is 5.69 Å². The van der Waals surface area contributed by atoms with E-state index in [9.17, 15) is 9.59 Å². The first-order valence-corrected chi connectivity index (χ1v) is 7.81. The highest BCUT2D eigenvalue weighted by molar-refractivity contribution is 6.01. The van der Waals surface area contributed by atoms with Crippen molar-refractivity contribution in [1.82, 2.24) is 10.2 Å². The second-order valence-corrected chi connectivity index (χ2v) is 6.04. The third-order valence-electron chi connectivity index (χ3n) is 4.20. The maximum atomic E-state index is 11.9. The van der Waals surface area contributed by atoms with Crippen molar-refractivity contribution in [3.8, 4) is 11.3 Å². The van der Waals surface area contributed by atoms with Crippen molar-refractivity contribution in [2.75, 3.05) is 5.32 Å². The number of nitrogens with two attached hydrogens (primary N) is 1. The van der Waals surface area contributed by atoms with Gasteiger partial charge in [-0.3, -0.25) is 14.7 Å². The molecular formula is C18H16N4O2. The zero-order valence-electron chi connectivity index (χ0n) is 12.9. The molecule has 0 unspecified atom stereocenters.